The van der Waals surface area contributed by atoms with Crippen LogP contribution in [-0.4, -0.2) is 31.0 Å². The average Bonchev–Trinajstić information content (AvgIpc) is 2.80. The molecule has 1 aromatic rings. The van der Waals surface area contributed by atoms with Gasteiger partial charge in [0.1, 0.15) is 6.54 Å². The molecule has 0 amide bonds. The first-order valence-corrected chi connectivity index (χ1v) is 7.05. The Bertz CT molecular complexity index is 476. The first-order valence-electron chi connectivity index (χ1n) is 5.97. The number of benzene rings is 1. The van der Waals surface area contributed by atoms with Crippen molar-refractivity contribution in [1.82, 2.24) is 0 Å². The van der Waals surface area contributed by atoms with Gasteiger partial charge in [-0.2, -0.15) is 0 Å². The Hall–Kier alpha value is -0.690. The molecule has 96 valence electrons. The van der Waals surface area contributed by atoms with E-state index in [2.05, 4.69) is 27.6 Å². The van der Waals surface area contributed by atoms with Crippen molar-refractivity contribution in [3.05, 3.63) is 33.4 Å². The molecule has 0 unspecified atom stereocenters. The molecule has 2 atom stereocenters. The van der Waals surface area contributed by atoms with Crippen molar-refractivity contribution in [2.24, 2.45) is 4.99 Å². The number of hydrogen-bond acceptors (Lipinski definition) is 3. The minimum atomic E-state index is -1.17. The van der Waals surface area contributed by atoms with Crippen LogP contribution in [0.2, 0.25) is 0 Å². The quantitative estimate of drug-likeness (QED) is 0.721. The highest BCUT2D eigenvalue weighted by molar-refractivity contribution is 14.1. The maximum absolute atomic E-state index is 14.0. The number of aliphatic imine (C=N–C) groups is 1. The van der Waals surface area contributed by atoms with Gasteiger partial charge in [0.25, 0.3) is 5.79 Å². The lowest BCUT2D eigenvalue weighted by Crippen LogP contribution is -2.49. The molecule has 1 spiro atoms. The zero-order valence-corrected chi connectivity index (χ0v) is 11.9. The summed E-state index contributed by atoms with van der Waals surface area (Å²) in [7, 11) is 0. The molecule has 2 aliphatic rings. The van der Waals surface area contributed by atoms with Gasteiger partial charge in [0.15, 0.2) is 6.17 Å². The van der Waals surface area contributed by atoms with Crippen LogP contribution in [0.1, 0.15) is 18.4 Å². The molecule has 1 fully saturated rings. The maximum atomic E-state index is 14.0. The van der Waals surface area contributed by atoms with E-state index < -0.39 is 12.0 Å². The summed E-state index contributed by atoms with van der Waals surface area (Å²) in [5, 5.41) is 0. The average molecular weight is 361 g/mol. The fourth-order valence-corrected chi connectivity index (χ4v) is 2.57. The highest BCUT2D eigenvalue weighted by Gasteiger charge is 2.49. The van der Waals surface area contributed by atoms with Crippen LogP contribution in [0.15, 0.2) is 29.3 Å². The summed E-state index contributed by atoms with van der Waals surface area (Å²) in [5.41, 5.74) is 0.869. The molecular formula is C13H13FINO2. The number of hydrogen-bond donors (Lipinski definition) is 0. The third kappa shape index (κ3) is 2.14. The lowest BCUT2D eigenvalue weighted by atomic mass is 10.0. The van der Waals surface area contributed by atoms with Gasteiger partial charge in [-0.05, 0) is 59.7 Å². The van der Waals surface area contributed by atoms with Crippen molar-refractivity contribution in [2.45, 2.75) is 24.8 Å². The van der Waals surface area contributed by atoms with Crippen molar-refractivity contribution in [3.8, 4) is 0 Å². The molecule has 3 rings (SSSR count). The minimum absolute atomic E-state index is 0.246. The summed E-state index contributed by atoms with van der Waals surface area (Å²) in [6, 6.07) is 7.80. The van der Waals surface area contributed by atoms with Crippen LogP contribution in [-0.2, 0) is 9.47 Å². The summed E-state index contributed by atoms with van der Waals surface area (Å²) in [6.45, 7) is 0.783. The predicted molar refractivity (Wildman–Crippen MR) is 74.5 cm³/mol. The van der Waals surface area contributed by atoms with Gasteiger partial charge in [-0.15, -0.1) is 0 Å². The Labute approximate surface area is 119 Å². The van der Waals surface area contributed by atoms with Crippen molar-refractivity contribution >= 4 is 28.5 Å². The zero-order valence-electron chi connectivity index (χ0n) is 9.73. The predicted octanol–water partition coefficient (Wildman–Crippen LogP) is 2.91. The molecule has 0 aromatic heterocycles. The van der Waals surface area contributed by atoms with Crippen LogP contribution < -0.4 is 0 Å². The molecule has 0 aliphatic carbocycles. The standard InChI is InChI=1S/C13H13FINO2/c14-11-2-1-7-17-13(11)8-16-12(18-13)9-3-5-10(15)6-4-9/h3-6,11H,1-2,7-8H2/t11-,13+/m0/s1. The van der Waals surface area contributed by atoms with Gasteiger partial charge in [0, 0.05) is 9.13 Å². The molecule has 2 heterocycles. The van der Waals surface area contributed by atoms with E-state index in [4.69, 9.17) is 9.47 Å². The molecule has 3 nitrogen and oxygen atoms in total. The van der Waals surface area contributed by atoms with E-state index in [0.717, 1.165) is 15.6 Å². The van der Waals surface area contributed by atoms with Crippen molar-refractivity contribution in [3.63, 3.8) is 0 Å². The first-order chi connectivity index (χ1) is 8.70. The molecule has 2 aliphatic heterocycles. The highest BCUT2D eigenvalue weighted by atomic mass is 127. The molecule has 1 aromatic carbocycles. The van der Waals surface area contributed by atoms with Gasteiger partial charge in [-0.3, -0.25) is 0 Å². The number of alkyl halides is 1. The van der Waals surface area contributed by atoms with Crippen molar-refractivity contribution in [1.29, 1.82) is 0 Å². The van der Waals surface area contributed by atoms with Gasteiger partial charge in [0.05, 0.1) is 6.61 Å². The topological polar surface area (TPSA) is 30.8 Å². The number of rotatable bonds is 1. The summed E-state index contributed by atoms with van der Waals surface area (Å²) >= 11 is 2.23. The van der Waals surface area contributed by atoms with Gasteiger partial charge in [-0.25, -0.2) is 9.38 Å². The zero-order chi connectivity index (χ0) is 12.6. The summed E-state index contributed by atoms with van der Waals surface area (Å²) in [4.78, 5) is 4.29. The van der Waals surface area contributed by atoms with Crippen molar-refractivity contribution in [2.75, 3.05) is 13.2 Å². The third-order valence-electron chi connectivity index (χ3n) is 3.23. The molecule has 0 N–H and O–H groups in total. The lowest BCUT2D eigenvalue weighted by Gasteiger charge is -2.35. The van der Waals surface area contributed by atoms with Gasteiger partial charge < -0.3 is 9.47 Å². The second-order valence-electron chi connectivity index (χ2n) is 4.50. The Kier molecular flexibility index (Phi) is 3.27. The Balaban J connectivity index is 1.79. The Morgan fingerprint density at radius 2 is 2.11 bits per heavy atom. The smallest absolute Gasteiger partial charge is 0.263 e. The summed E-state index contributed by atoms with van der Waals surface area (Å²) in [5.74, 6) is -0.688. The SMILES string of the molecule is F[C@H]1CCCO[C@@]12CN=C(c1ccc(I)cc1)O2. The van der Waals surface area contributed by atoms with E-state index >= 15 is 0 Å². The third-order valence-corrected chi connectivity index (χ3v) is 3.95. The molecule has 0 saturated carbocycles. The number of ether oxygens (including phenoxy) is 2. The van der Waals surface area contributed by atoms with Crippen LogP contribution in [0.4, 0.5) is 4.39 Å². The second kappa shape index (κ2) is 4.77. The summed E-state index contributed by atoms with van der Waals surface area (Å²) in [6.07, 6.45) is 0.122. The first kappa shape index (κ1) is 12.3. The Morgan fingerprint density at radius 1 is 1.33 bits per heavy atom. The van der Waals surface area contributed by atoms with Gasteiger partial charge in [0.2, 0.25) is 5.90 Å². The van der Waals surface area contributed by atoms with Crippen LogP contribution in [0, 0.1) is 3.57 Å². The molecule has 18 heavy (non-hydrogen) atoms. The molecule has 0 bridgehead atoms. The fraction of sp³-hybridized carbons (Fsp3) is 0.462. The van der Waals surface area contributed by atoms with Crippen LogP contribution >= 0.6 is 22.6 Å². The van der Waals surface area contributed by atoms with E-state index in [1.807, 2.05) is 24.3 Å². The van der Waals surface area contributed by atoms with E-state index in [0.29, 0.717) is 18.9 Å². The van der Waals surface area contributed by atoms with Crippen molar-refractivity contribution < 1.29 is 13.9 Å². The fourth-order valence-electron chi connectivity index (χ4n) is 2.21. The largest absolute Gasteiger partial charge is 0.440 e. The molecule has 5 heteroatoms. The minimum Gasteiger partial charge on any atom is -0.440 e. The van der Waals surface area contributed by atoms with E-state index in [9.17, 15) is 4.39 Å². The lowest BCUT2D eigenvalue weighted by molar-refractivity contribution is -0.232. The molecule has 0 radical (unpaired) electrons. The van der Waals surface area contributed by atoms with Gasteiger partial charge in [-0.1, -0.05) is 0 Å². The van der Waals surface area contributed by atoms with E-state index in [1.165, 1.54) is 0 Å². The number of nitrogens with zero attached hydrogens (tertiary/aromatic N) is 1. The number of halogens is 2. The van der Waals surface area contributed by atoms with E-state index in [1.54, 1.807) is 0 Å². The monoisotopic (exact) mass is 361 g/mol. The molecule has 1 saturated heterocycles. The second-order valence-corrected chi connectivity index (χ2v) is 5.75. The van der Waals surface area contributed by atoms with Crippen LogP contribution in [0.3, 0.4) is 0 Å². The Morgan fingerprint density at radius 3 is 2.83 bits per heavy atom. The summed E-state index contributed by atoms with van der Waals surface area (Å²) < 4.78 is 26.3. The van der Waals surface area contributed by atoms with Crippen LogP contribution in [0.25, 0.3) is 0 Å². The maximum Gasteiger partial charge on any atom is 0.263 e. The molecular weight excluding hydrogens is 348 g/mol. The van der Waals surface area contributed by atoms with E-state index in [-0.39, 0.29) is 6.54 Å². The van der Waals surface area contributed by atoms with Gasteiger partial charge >= 0.3 is 0 Å². The highest BCUT2D eigenvalue weighted by Crippen LogP contribution is 2.34. The van der Waals surface area contributed by atoms with Crippen LogP contribution in [0.5, 0.6) is 0 Å². The normalized spacial score (nSPS) is 31.2.